The lowest BCUT2D eigenvalue weighted by atomic mass is 10.1. The van der Waals surface area contributed by atoms with Gasteiger partial charge >= 0.3 is 5.97 Å². The predicted octanol–water partition coefficient (Wildman–Crippen LogP) is 3.51. The number of carbonyl (C=O) groups is 3. The summed E-state index contributed by atoms with van der Waals surface area (Å²) in [5.41, 5.74) is 0.848. The van der Waals surface area contributed by atoms with E-state index in [0.29, 0.717) is 0 Å². The van der Waals surface area contributed by atoms with E-state index in [9.17, 15) is 18.8 Å². The molecule has 0 spiro atoms. The zero-order valence-electron chi connectivity index (χ0n) is 15.3. The molecule has 0 bridgehead atoms. The van der Waals surface area contributed by atoms with Crippen molar-refractivity contribution >= 4 is 29.2 Å². The fraction of sp³-hybridized carbons (Fsp3) is 0.0476. The lowest BCUT2D eigenvalue weighted by Crippen LogP contribution is -2.18. The van der Waals surface area contributed by atoms with E-state index >= 15 is 0 Å². The SMILES string of the molecule is COC(=O)c1ccccc1NC(=O)c1cc(C(=O)Nc2cccc(F)c2)ccn1. The molecule has 0 saturated carbocycles. The third kappa shape index (κ3) is 4.81. The average Bonchev–Trinajstić information content (AvgIpc) is 2.73. The number of aromatic nitrogens is 1. The smallest absolute Gasteiger partial charge is 0.339 e. The van der Waals surface area contributed by atoms with E-state index in [4.69, 9.17) is 4.74 Å². The van der Waals surface area contributed by atoms with Crippen LogP contribution >= 0.6 is 0 Å². The summed E-state index contributed by atoms with van der Waals surface area (Å²) in [4.78, 5) is 40.7. The minimum Gasteiger partial charge on any atom is -0.465 e. The molecule has 29 heavy (non-hydrogen) atoms. The molecule has 7 nitrogen and oxygen atoms in total. The van der Waals surface area contributed by atoms with Gasteiger partial charge in [-0.2, -0.15) is 0 Å². The second kappa shape index (κ2) is 8.75. The number of nitrogens with one attached hydrogen (secondary N) is 2. The normalized spacial score (nSPS) is 10.1. The molecule has 0 aliphatic heterocycles. The minimum absolute atomic E-state index is 0.0310. The van der Waals surface area contributed by atoms with E-state index < -0.39 is 23.6 Å². The van der Waals surface area contributed by atoms with Crippen molar-refractivity contribution in [3.8, 4) is 0 Å². The Morgan fingerprint density at radius 3 is 2.48 bits per heavy atom. The van der Waals surface area contributed by atoms with Crippen molar-refractivity contribution in [1.29, 1.82) is 0 Å². The number of ether oxygens (including phenoxy) is 1. The van der Waals surface area contributed by atoms with Gasteiger partial charge in [0.1, 0.15) is 11.5 Å². The van der Waals surface area contributed by atoms with Gasteiger partial charge in [0, 0.05) is 17.4 Å². The summed E-state index contributed by atoms with van der Waals surface area (Å²) in [6.07, 6.45) is 1.31. The molecule has 2 amide bonds. The van der Waals surface area contributed by atoms with Crippen LogP contribution in [0, 0.1) is 5.82 Å². The fourth-order valence-corrected chi connectivity index (χ4v) is 2.53. The molecule has 0 saturated heterocycles. The number of rotatable bonds is 5. The molecule has 0 atom stereocenters. The van der Waals surface area contributed by atoms with Crippen LogP contribution in [-0.2, 0) is 4.74 Å². The quantitative estimate of drug-likeness (QED) is 0.647. The summed E-state index contributed by atoms with van der Waals surface area (Å²) in [6.45, 7) is 0. The fourth-order valence-electron chi connectivity index (χ4n) is 2.53. The van der Waals surface area contributed by atoms with Crippen molar-refractivity contribution in [2.24, 2.45) is 0 Å². The highest BCUT2D eigenvalue weighted by Gasteiger charge is 2.16. The number of hydrogen-bond donors (Lipinski definition) is 2. The number of hydrogen-bond acceptors (Lipinski definition) is 5. The maximum Gasteiger partial charge on any atom is 0.339 e. The predicted molar refractivity (Wildman–Crippen MR) is 104 cm³/mol. The van der Waals surface area contributed by atoms with Gasteiger partial charge in [0.15, 0.2) is 0 Å². The van der Waals surface area contributed by atoms with Gasteiger partial charge in [0.25, 0.3) is 11.8 Å². The summed E-state index contributed by atoms with van der Waals surface area (Å²) < 4.78 is 18.0. The van der Waals surface area contributed by atoms with Gasteiger partial charge in [-0.15, -0.1) is 0 Å². The molecule has 0 aliphatic rings. The highest BCUT2D eigenvalue weighted by molar-refractivity contribution is 6.09. The molecule has 146 valence electrons. The third-order valence-corrected chi connectivity index (χ3v) is 3.92. The number of para-hydroxylation sites is 1. The Bertz CT molecular complexity index is 1080. The van der Waals surface area contributed by atoms with E-state index in [0.717, 1.165) is 0 Å². The van der Waals surface area contributed by atoms with Gasteiger partial charge in [-0.05, 0) is 42.5 Å². The zero-order valence-corrected chi connectivity index (χ0v) is 15.3. The molecule has 1 heterocycles. The van der Waals surface area contributed by atoms with Gasteiger partial charge in [-0.3, -0.25) is 14.6 Å². The lowest BCUT2D eigenvalue weighted by Gasteiger charge is -2.10. The Balaban J connectivity index is 1.78. The first-order valence-electron chi connectivity index (χ1n) is 8.49. The van der Waals surface area contributed by atoms with Crippen LogP contribution in [-0.4, -0.2) is 29.9 Å². The van der Waals surface area contributed by atoms with Crippen LogP contribution in [0.25, 0.3) is 0 Å². The highest BCUT2D eigenvalue weighted by atomic mass is 19.1. The standard InChI is InChI=1S/C21H16FN3O4/c1-29-21(28)16-7-2-3-8-17(16)25-20(27)18-11-13(9-10-23-18)19(26)24-15-6-4-5-14(22)12-15/h2-12H,1H3,(H,24,26)(H,25,27). The molecule has 0 radical (unpaired) electrons. The lowest BCUT2D eigenvalue weighted by molar-refractivity contribution is 0.0601. The van der Waals surface area contributed by atoms with Gasteiger partial charge in [0.05, 0.1) is 18.4 Å². The van der Waals surface area contributed by atoms with Gasteiger partial charge < -0.3 is 15.4 Å². The van der Waals surface area contributed by atoms with Gasteiger partial charge in [-0.1, -0.05) is 18.2 Å². The maximum atomic E-state index is 13.3. The molecule has 0 aliphatic carbocycles. The first-order valence-corrected chi connectivity index (χ1v) is 8.49. The summed E-state index contributed by atoms with van der Waals surface area (Å²) >= 11 is 0. The number of benzene rings is 2. The molecule has 3 aromatic rings. The minimum atomic E-state index is -0.609. The Hall–Kier alpha value is -4.07. The molecule has 1 aromatic heterocycles. The van der Waals surface area contributed by atoms with Crippen molar-refractivity contribution in [3.63, 3.8) is 0 Å². The van der Waals surface area contributed by atoms with E-state index in [1.165, 1.54) is 49.7 Å². The third-order valence-electron chi connectivity index (χ3n) is 3.92. The molecule has 2 N–H and O–H groups in total. The number of methoxy groups -OCH3 is 1. The van der Waals surface area contributed by atoms with E-state index in [-0.39, 0.29) is 28.2 Å². The van der Waals surface area contributed by atoms with Crippen molar-refractivity contribution in [2.45, 2.75) is 0 Å². The van der Waals surface area contributed by atoms with Crippen LogP contribution in [0.3, 0.4) is 0 Å². The highest BCUT2D eigenvalue weighted by Crippen LogP contribution is 2.17. The van der Waals surface area contributed by atoms with Crippen molar-refractivity contribution in [3.05, 3.63) is 89.5 Å². The van der Waals surface area contributed by atoms with Crippen LogP contribution < -0.4 is 10.6 Å². The Kier molecular flexibility index (Phi) is 5.94. The van der Waals surface area contributed by atoms with Crippen molar-refractivity contribution in [2.75, 3.05) is 17.7 Å². The van der Waals surface area contributed by atoms with Crippen LogP contribution in [0.2, 0.25) is 0 Å². The van der Waals surface area contributed by atoms with Crippen molar-refractivity contribution < 1.29 is 23.5 Å². The zero-order chi connectivity index (χ0) is 20.8. The number of amides is 2. The van der Waals surface area contributed by atoms with Crippen LogP contribution in [0.1, 0.15) is 31.2 Å². The first-order chi connectivity index (χ1) is 14.0. The van der Waals surface area contributed by atoms with Crippen LogP contribution in [0.4, 0.5) is 15.8 Å². The molecule has 2 aromatic carbocycles. The van der Waals surface area contributed by atoms with Crippen LogP contribution in [0.15, 0.2) is 66.9 Å². The number of halogens is 1. The Morgan fingerprint density at radius 1 is 0.931 bits per heavy atom. The second-order valence-corrected chi connectivity index (χ2v) is 5.89. The average molecular weight is 393 g/mol. The number of nitrogens with zero attached hydrogens (tertiary/aromatic N) is 1. The molecular weight excluding hydrogens is 377 g/mol. The number of carbonyl (C=O) groups excluding carboxylic acids is 3. The Labute approximate surface area is 165 Å². The maximum absolute atomic E-state index is 13.3. The first kappa shape index (κ1) is 19.7. The number of esters is 1. The molecule has 0 fully saturated rings. The van der Waals surface area contributed by atoms with Gasteiger partial charge in [0.2, 0.25) is 0 Å². The number of anilines is 2. The molecule has 0 unspecified atom stereocenters. The summed E-state index contributed by atoms with van der Waals surface area (Å²) in [5.74, 6) is -2.22. The van der Waals surface area contributed by atoms with E-state index in [1.54, 1.807) is 24.3 Å². The largest absolute Gasteiger partial charge is 0.465 e. The van der Waals surface area contributed by atoms with Gasteiger partial charge in [-0.25, -0.2) is 9.18 Å². The molecular formula is C21H16FN3O4. The van der Waals surface area contributed by atoms with Crippen LogP contribution in [0.5, 0.6) is 0 Å². The summed E-state index contributed by atoms with van der Waals surface area (Å²) in [6, 6.07) is 14.5. The monoisotopic (exact) mass is 393 g/mol. The summed E-state index contributed by atoms with van der Waals surface area (Å²) in [5, 5.41) is 5.13. The Morgan fingerprint density at radius 2 is 1.72 bits per heavy atom. The molecule has 8 heteroatoms. The van der Waals surface area contributed by atoms with E-state index in [2.05, 4.69) is 15.6 Å². The topological polar surface area (TPSA) is 97.4 Å². The second-order valence-electron chi connectivity index (χ2n) is 5.89. The van der Waals surface area contributed by atoms with E-state index in [1.807, 2.05) is 0 Å². The summed E-state index contributed by atoms with van der Waals surface area (Å²) in [7, 11) is 1.24. The van der Waals surface area contributed by atoms with Crippen molar-refractivity contribution in [1.82, 2.24) is 4.98 Å². The number of pyridine rings is 1. The molecule has 3 rings (SSSR count).